The number of aryl methyl sites for hydroxylation is 1. The van der Waals surface area contributed by atoms with Gasteiger partial charge in [0.15, 0.2) is 0 Å². The maximum absolute atomic E-state index is 9.34. The molecule has 0 spiro atoms. The van der Waals surface area contributed by atoms with Gasteiger partial charge < -0.3 is 10.5 Å². The molecule has 0 aliphatic carbocycles. The average molecular weight is 313 g/mol. The number of nitrogens with zero attached hydrogens (tertiary/aromatic N) is 3. The molecule has 0 radical (unpaired) electrons. The second-order valence-electron chi connectivity index (χ2n) is 6.26. The maximum atomic E-state index is 9.34. The van der Waals surface area contributed by atoms with Crippen molar-refractivity contribution in [3.8, 4) is 12.1 Å². The number of anilines is 1. The average Bonchev–Trinajstić information content (AvgIpc) is 2.43. The molecule has 1 rings (SSSR count). The van der Waals surface area contributed by atoms with E-state index in [1.54, 1.807) is 0 Å². The predicted octanol–water partition coefficient (Wildman–Crippen LogP) is 3.08. The molecule has 3 N–H and O–H groups in total. The van der Waals surface area contributed by atoms with Crippen LogP contribution in [0.2, 0.25) is 0 Å². The first-order chi connectivity index (χ1) is 10.7. The first-order valence-corrected chi connectivity index (χ1v) is 7.61. The van der Waals surface area contributed by atoms with E-state index < -0.39 is 5.60 Å². The molecular formula is C17H23N5O. The molecule has 0 atom stereocenters. The van der Waals surface area contributed by atoms with Crippen LogP contribution in [0.1, 0.15) is 63.1 Å². The van der Waals surface area contributed by atoms with Crippen molar-refractivity contribution >= 4 is 11.6 Å². The van der Waals surface area contributed by atoms with Gasteiger partial charge in [-0.05, 0) is 33.6 Å². The number of hydrogen-bond acceptors (Lipinski definition) is 6. The lowest BCUT2D eigenvalue weighted by Gasteiger charge is -2.24. The van der Waals surface area contributed by atoms with Crippen LogP contribution in [-0.2, 0) is 17.6 Å². The normalized spacial score (nSPS) is 10.7. The molecule has 6 nitrogen and oxygen atoms in total. The van der Waals surface area contributed by atoms with Crippen molar-refractivity contribution < 1.29 is 4.74 Å². The van der Waals surface area contributed by atoms with Crippen molar-refractivity contribution in [1.82, 2.24) is 4.98 Å². The van der Waals surface area contributed by atoms with Crippen molar-refractivity contribution in [3.05, 3.63) is 22.5 Å². The van der Waals surface area contributed by atoms with Gasteiger partial charge in [0, 0.05) is 0 Å². The van der Waals surface area contributed by atoms with Crippen LogP contribution in [-0.4, -0.2) is 16.5 Å². The Morgan fingerprint density at radius 1 is 1.30 bits per heavy atom. The fourth-order valence-corrected chi connectivity index (χ4v) is 2.17. The Labute approximate surface area is 137 Å². The molecule has 0 fully saturated rings. The van der Waals surface area contributed by atoms with Gasteiger partial charge in [0.1, 0.15) is 11.7 Å². The van der Waals surface area contributed by atoms with Crippen LogP contribution in [0.15, 0.2) is 0 Å². The Hall–Kier alpha value is -2.60. The number of nitriles is 2. The van der Waals surface area contributed by atoms with Crippen molar-refractivity contribution in [3.63, 3.8) is 0 Å². The third-order valence-corrected chi connectivity index (χ3v) is 3.15. The molecular weight excluding hydrogens is 290 g/mol. The second-order valence-corrected chi connectivity index (χ2v) is 6.26. The highest BCUT2D eigenvalue weighted by molar-refractivity contribution is 5.99. The van der Waals surface area contributed by atoms with E-state index in [2.05, 4.69) is 11.9 Å². The van der Waals surface area contributed by atoms with E-state index in [0.29, 0.717) is 23.4 Å². The summed E-state index contributed by atoms with van der Waals surface area (Å²) >= 11 is 0. The van der Waals surface area contributed by atoms with Gasteiger partial charge in [-0.25, -0.2) is 0 Å². The predicted molar refractivity (Wildman–Crippen MR) is 89.0 cm³/mol. The summed E-state index contributed by atoms with van der Waals surface area (Å²) in [6, 6.07) is 4.00. The molecule has 0 saturated heterocycles. The Morgan fingerprint density at radius 3 is 2.43 bits per heavy atom. The molecule has 6 heteroatoms. The van der Waals surface area contributed by atoms with Gasteiger partial charge in [0.25, 0.3) is 0 Å². The van der Waals surface area contributed by atoms with Gasteiger partial charge in [0.2, 0.25) is 5.90 Å². The fourth-order valence-electron chi connectivity index (χ4n) is 2.17. The lowest BCUT2D eigenvalue weighted by molar-refractivity contribution is 0.116. The SMILES string of the molecule is CCCCc1nc(CC#N)c(C#N)c(N)c1C(=N)OC(C)(C)C. The van der Waals surface area contributed by atoms with Crippen molar-refractivity contribution in [2.24, 2.45) is 0 Å². The van der Waals surface area contributed by atoms with Crippen LogP contribution in [0, 0.1) is 28.1 Å². The Bertz CT molecular complexity index is 674. The molecule has 0 aromatic carbocycles. The van der Waals surface area contributed by atoms with E-state index in [-0.39, 0.29) is 23.6 Å². The number of aromatic nitrogens is 1. The number of hydrogen-bond donors (Lipinski definition) is 2. The minimum atomic E-state index is -0.552. The molecule has 0 saturated carbocycles. The second kappa shape index (κ2) is 7.60. The van der Waals surface area contributed by atoms with Crippen LogP contribution in [0.4, 0.5) is 5.69 Å². The van der Waals surface area contributed by atoms with Crippen molar-refractivity contribution in [2.75, 3.05) is 5.73 Å². The highest BCUT2D eigenvalue weighted by Crippen LogP contribution is 2.27. The molecule has 0 aliphatic rings. The van der Waals surface area contributed by atoms with E-state index in [1.165, 1.54) is 0 Å². The zero-order valence-electron chi connectivity index (χ0n) is 14.2. The molecule has 1 heterocycles. The maximum Gasteiger partial charge on any atom is 0.217 e. The first-order valence-electron chi connectivity index (χ1n) is 7.61. The standard InChI is InChI=1S/C17H23N5O/c1-5-6-7-13-14(16(21)23-17(2,3)4)15(20)11(10-19)12(22-13)8-9-18/h21H,5-8H2,1-4H3,(H2,20,22). The summed E-state index contributed by atoms with van der Waals surface area (Å²) in [6.45, 7) is 7.57. The fraction of sp³-hybridized carbons (Fsp3) is 0.529. The summed E-state index contributed by atoms with van der Waals surface area (Å²) in [5.74, 6) is -0.0892. The summed E-state index contributed by atoms with van der Waals surface area (Å²) in [7, 11) is 0. The zero-order chi connectivity index (χ0) is 17.6. The third-order valence-electron chi connectivity index (χ3n) is 3.15. The number of nitrogens with two attached hydrogens (primary N) is 1. The molecule has 23 heavy (non-hydrogen) atoms. The first kappa shape index (κ1) is 18.4. The lowest BCUT2D eigenvalue weighted by Crippen LogP contribution is -2.26. The Balaban J connectivity index is 3.49. The highest BCUT2D eigenvalue weighted by atomic mass is 16.5. The summed E-state index contributed by atoms with van der Waals surface area (Å²) in [5, 5.41) is 26.5. The molecule has 0 aliphatic heterocycles. The number of ether oxygens (including phenoxy) is 1. The summed E-state index contributed by atoms with van der Waals surface area (Å²) < 4.78 is 5.61. The van der Waals surface area contributed by atoms with Crippen LogP contribution in [0.5, 0.6) is 0 Å². The number of pyridine rings is 1. The summed E-state index contributed by atoms with van der Waals surface area (Å²) in [6.07, 6.45) is 2.47. The van der Waals surface area contributed by atoms with Crippen LogP contribution >= 0.6 is 0 Å². The number of unbranched alkanes of at least 4 members (excludes halogenated alkanes) is 1. The summed E-state index contributed by atoms with van der Waals surface area (Å²) in [5.41, 5.74) is 7.25. The number of nitrogen functional groups attached to an aromatic ring is 1. The minimum absolute atomic E-state index is 0.0138. The zero-order valence-corrected chi connectivity index (χ0v) is 14.2. The van der Waals surface area contributed by atoms with Gasteiger partial charge in [-0.3, -0.25) is 10.4 Å². The molecule has 1 aromatic rings. The highest BCUT2D eigenvalue weighted by Gasteiger charge is 2.24. The van der Waals surface area contributed by atoms with Gasteiger partial charge in [-0.15, -0.1) is 0 Å². The third kappa shape index (κ3) is 4.69. The Morgan fingerprint density at radius 2 is 1.96 bits per heavy atom. The topological polar surface area (TPSA) is 120 Å². The van der Waals surface area contributed by atoms with Crippen LogP contribution in [0.25, 0.3) is 0 Å². The van der Waals surface area contributed by atoms with Crippen molar-refractivity contribution in [2.45, 2.75) is 59.0 Å². The van der Waals surface area contributed by atoms with Crippen molar-refractivity contribution in [1.29, 1.82) is 15.9 Å². The van der Waals surface area contributed by atoms with E-state index in [0.717, 1.165) is 12.8 Å². The van der Waals surface area contributed by atoms with Gasteiger partial charge in [-0.2, -0.15) is 10.5 Å². The quantitative estimate of drug-likeness (QED) is 0.639. The van der Waals surface area contributed by atoms with E-state index >= 15 is 0 Å². The molecule has 122 valence electrons. The molecule has 1 aromatic heterocycles. The number of nitrogens with one attached hydrogen (secondary N) is 1. The lowest BCUT2D eigenvalue weighted by atomic mass is 10.00. The molecule has 0 bridgehead atoms. The van der Waals surface area contributed by atoms with Crippen LogP contribution < -0.4 is 5.73 Å². The number of rotatable bonds is 5. The van der Waals surface area contributed by atoms with Crippen LogP contribution in [0.3, 0.4) is 0 Å². The van der Waals surface area contributed by atoms with Gasteiger partial charge in [-0.1, -0.05) is 13.3 Å². The van der Waals surface area contributed by atoms with E-state index in [9.17, 15) is 5.26 Å². The van der Waals surface area contributed by atoms with Gasteiger partial charge >= 0.3 is 0 Å². The largest absolute Gasteiger partial charge is 0.472 e. The van der Waals surface area contributed by atoms with Gasteiger partial charge in [0.05, 0.1) is 40.7 Å². The molecule has 0 unspecified atom stereocenters. The Kier molecular flexibility index (Phi) is 6.10. The minimum Gasteiger partial charge on any atom is -0.472 e. The van der Waals surface area contributed by atoms with E-state index in [1.807, 2.05) is 32.9 Å². The smallest absolute Gasteiger partial charge is 0.217 e. The summed E-state index contributed by atoms with van der Waals surface area (Å²) in [4.78, 5) is 4.44. The monoisotopic (exact) mass is 313 g/mol. The van der Waals surface area contributed by atoms with E-state index in [4.69, 9.17) is 21.1 Å². The molecule has 0 amide bonds.